The Morgan fingerprint density at radius 2 is 1.97 bits per heavy atom. The number of aliphatic imine (C=N–C) groups is 1. The molecular weight excluding hydrogens is 506 g/mol. The largest absolute Gasteiger partial charge is 0.506 e. The molecule has 0 bridgehead atoms. The summed E-state index contributed by atoms with van der Waals surface area (Å²) in [7, 11) is 1.48. The van der Waals surface area contributed by atoms with Crippen LogP contribution in [0, 0.1) is 0 Å². The first-order valence-corrected chi connectivity index (χ1v) is 11.1. The van der Waals surface area contributed by atoms with Gasteiger partial charge in [0.2, 0.25) is 0 Å². The molecule has 1 N–H and O–H groups in total. The predicted molar refractivity (Wildman–Crippen MR) is 126 cm³/mol. The van der Waals surface area contributed by atoms with Crippen LogP contribution in [-0.4, -0.2) is 35.7 Å². The topological polar surface area (TPSA) is 85.2 Å². The van der Waals surface area contributed by atoms with Crippen LogP contribution in [0.5, 0.6) is 5.75 Å². The first-order valence-electron chi connectivity index (χ1n) is 9.07. The molecule has 1 amide bonds. The van der Waals surface area contributed by atoms with Crippen LogP contribution in [0.1, 0.15) is 22.8 Å². The fraction of sp³-hybridized carbons (Fsp3) is 0.136. The number of carbonyl (C=O) groups excluding carboxylic acids is 2. The van der Waals surface area contributed by atoms with Crippen molar-refractivity contribution in [1.82, 2.24) is 0 Å². The van der Waals surface area contributed by atoms with E-state index in [1.165, 1.54) is 7.11 Å². The van der Waals surface area contributed by atoms with Crippen LogP contribution in [0.4, 0.5) is 0 Å². The van der Waals surface area contributed by atoms with Gasteiger partial charge in [-0.2, -0.15) is 0 Å². The van der Waals surface area contributed by atoms with Crippen molar-refractivity contribution in [3.05, 3.63) is 79.3 Å². The fourth-order valence-corrected chi connectivity index (χ4v) is 4.69. The maximum atomic E-state index is 12.6. The van der Waals surface area contributed by atoms with Crippen LogP contribution in [0.3, 0.4) is 0 Å². The van der Waals surface area contributed by atoms with E-state index in [0.717, 1.165) is 11.8 Å². The van der Waals surface area contributed by atoms with Crippen LogP contribution in [0.2, 0.25) is 5.02 Å². The second kappa shape index (κ2) is 10.2. The van der Waals surface area contributed by atoms with Crippen molar-refractivity contribution in [2.24, 2.45) is 4.99 Å². The number of amides is 1. The fourth-order valence-electron chi connectivity index (χ4n) is 2.77. The molecule has 0 atom stereocenters. The Bertz CT molecular complexity index is 1130. The number of aliphatic hydroxyl groups excluding tert-OH is 1. The minimum absolute atomic E-state index is 0.0520. The third kappa shape index (κ3) is 5.20. The molecule has 31 heavy (non-hydrogen) atoms. The first-order chi connectivity index (χ1) is 14.8. The molecular formula is C22H17BrClNO5S. The van der Waals surface area contributed by atoms with Gasteiger partial charge in [0.25, 0.3) is 5.91 Å². The van der Waals surface area contributed by atoms with Crippen molar-refractivity contribution in [2.75, 3.05) is 13.7 Å². The van der Waals surface area contributed by atoms with Crippen LogP contribution in [-0.2, 0) is 9.53 Å². The Hall–Kier alpha value is -2.55. The number of benzene rings is 2. The molecule has 0 unspecified atom stereocenters. The number of nitrogens with zero attached hydrogens (tertiary/aromatic N) is 1. The average molecular weight is 523 g/mol. The quantitative estimate of drug-likeness (QED) is 0.499. The summed E-state index contributed by atoms with van der Waals surface area (Å²) in [5.74, 6) is -1.24. The molecule has 0 aliphatic carbocycles. The number of ether oxygens (including phenoxy) is 2. The van der Waals surface area contributed by atoms with E-state index in [0.29, 0.717) is 31.3 Å². The van der Waals surface area contributed by atoms with E-state index < -0.39 is 11.9 Å². The zero-order chi connectivity index (χ0) is 22.5. The van der Waals surface area contributed by atoms with E-state index >= 15 is 0 Å². The van der Waals surface area contributed by atoms with Gasteiger partial charge in [-0.25, -0.2) is 9.79 Å². The van der Waals surface area contributed by atoms with Gasteiger partial charge >= 0.3 is 5.97 Å². The highest BCUT2D eigenvalue weighted by Crippen LogP contribution is 2.42. The maximum Gasteiger partial charge on any atom is 0.344 e. The van der Waals surface area contributed by atoms with Gasteiger partial charge < -0.3 is 14.6 Å². The molecule has 9 heteroatoms. The predicted octanol–water partition coefficient (Wildman–Crippen LogP) is 5.81. The van der Waals surface area contributed by atoms with Crippen LogP contribution >= 0.6 is 39.3 Å². The molecule has 1 aliphatic rings. The zero-order valence-electron chi connectivity index (χ0n) is 16.5. The number of hydrogen-bond acceptors (Lipinski definition) is 6. The summed E-state index contributed by atoms with van der Waals surface area (Å²) in [6.45, 7) is 1.75. The Labute approximate surface area is 196 Å². The standard InChI is InChI=1S/C22H17BrClNO5S/c1-3-30-22(28)17-18(26)16(10-13-9-14(23)11-15(24)19(13)29-2)31-21(17)25-20(27)12-7-5-4-6-8-12/h4-11,26H,3H2,1-2H3/b16-10-,25-21?. The number of rotatable bonds is 5. The molecule has 0 saturated carbocycles. The van der Waals surface area contributed by atoms with Crippen molar-refractivity contribution in [1.29, 1.82) is 0 Å². The maximum absolute atomic E-state index is 12.6. The summed E-state index contributed by atoms with van der Waals surface area (Å²) >= 11 is 10.6. The van der Waals surface area contributed by atoms with Gasteiger partial charge in [-0.05, 0) is 37.3 Å². The molecule has 160 valence electrons. The lowest BCUT2D eigenvalue weighted by atomic mass is 10.1. The minimum atomic E-state index is -0.769. The lowest BCUT2D eigenvalue weighted by Crippen LogP contribution is -2.14. The number of carbonyl (C=O) groups is 2. The van der Waals surface area contributed by atoms with E-state index in [-0.39, 0.29) is 23.0 Å². The Kier molecular flexibility index (Phi) is 7.59. The SMILES string of the molecule is CCOC(=O)C1=C(O)/C(=C/c2cc(Br)cc(Cl)c2OC)SC1=NC(=O)c1ccccc1. The molecule has 0 radical (unpaired) electrons. The van der Waals surface area contributed by atoms with Crippen molar-refractivity contribution >= 4 is 62.3 Å². The molecule has 0 fully saturated rings. The summed E-state index contributed by atoms with van der Waals surface area (Å²) in [5, 5.41) is 11.2. The lowest BCUT2D eigenvalue weighted by Gasteiger charge is -2.09. The number of hydrogen-bond donors (Lipinski definition) is 1. The minimum Gasteiger partial charge on any atom is -0.506 e. The third-order valence-corrected chi connectivity index (χ3v) is 5.88. The highest BCUT2D eigenvalue weighted by molar-refractivity contribution is 9.10. The average Bonchev–Trinajstić information content (AvgIpc) is 3.03. The highest BCUT2D eigenvalue weighted by Gasteiger charge is 2.34. The van der Waals surface area contributed by atoms with Crippen molar-refractivity contribution in [2.45, 2.75) is 6.92 Å². The number of methoxy groups -OCH3 is 1. The number of aliphatic hydroxyl groups is 1. The zero-order valence-corrected chi connectivity index (χ0v) is 19.7. The van der Waals surface area contributed by atoms with E-state index in [4.69, 9.17) is 21.1 Å². The summed E-state index contributed by atoms with van der Waals surface area (Å²) in [6.07, 6.45) is 1.60. The normalized spacial score (nSPS) is 16.1. The molecule has 2 aromatic carbocycles. The highest BCUT2D eigenvalue weighted by atomic mass is 79.9. The molecule has 3 rings (SSSR count). The summed E-state index contributed by atoms with van der Waals surface area (Å²) < 4.78 is 11.1. The van der Waals surface area contributed by atoms with E-state index in [9.17, 15) is 14.7 Å². The Morgan fingerprint density at radius 3 is 2.61 bits per heavy atom. The van der Waals surface area contributed by atoms with E-state index in [2.05, 4.69) is 20.9 Å². The molecule has 1 heterocycles. The molecule has 0 aromatic heterocycles. The van der Waals surface area contributed by atoms with E-state index in [1.807, 2.05) is 0 Å². The summed E-state index contributed by atoms with van der Waals surface area (Å²) in [5.41, 5.74) is 0.758. The van der Waals surface area contributed by atoms with Crippen LogP contribution in [0.15, 0.2) is 68.2 Å². The number of thioether (sulfide) groups is 1. The molecule has 2 aromatic rings. The van der Waals surface area contributed by atoms with Crippen molar-refractivity contribution in [3.63, 3.8) is 0 Å². The second-order valence-electron chi connectivity index (χ2n) is 6.15. The Morgan fingerprint density at radius 1 is 1.26 bits per heavy atom. The van der Waals surface area contributed by atoms with Gasteiger partial charge in [0, 0.05) is 15.6 Å². The van der Waals surface area contributed by atoms with Gasteiger partial charge in [-0.3, -0.25) is 4.79 Å². The molecule has 1 aliphatic heterocycles. The van der Waals surface area contributed by atoms with Crippen LogP contribution < -0.4 is 4.74 Å². The van der Waals surface area contributed by atoms with Gasteiger partial charge in [-0.1, -0.05) is 57.5 Å². The number of halogens is 2. The first kappa shape index (κ1) is 23.1. The van der Waals surface area contributed by atoms with Crippen molar-refractivity contribution < 1.29 is 24.2 Å². The monoisotopic (exact) mass is 521 g/mol. The summed E-state index contributed by atoms with van der Waals surface area (Å²) in [4.78, 5) is 29.4. The number of esters is 1. The smallest absolute Gasteiger partial charge is 0.344 e. The lowest BCUT2D eigenvalue weighted by molar-refractivity contribution is -0.138. The van der Waals surface area contributed by atoms with Crippen molar-refractivity contribution in [3.8, 4) is 5.75 Å². The molecule has 0 spiro atoms. The second-order valence-corrected chi connectivity index (χ2v) is 8.51. The Balaban J connectivity index is 2.09. The van der Waals surface area contributed by atoms with Crippen LogP contribution in [0.25, 0.3) is 6.08 Å². The molecule has 0 saturated heterocycles. The van der Waals surface area contributed by atoms with Gasteiger partial charge in [0.05, 0.1) is 23.6 Å². The summed E-state index contributed by atoms with van der Waals surface area (Å²) in [6, 6.07) is 11.9. The van der Waals surface area contributed by atoms with Gasteiger partial charge in [0.1, 0.15) is 22.1 Å². The molecule has 6 nitrogen and oxygen atoms in total. The van der Waals surface area contributed by atoms with Gasteiger partial charge in [0.15, 0.2) is 0 Å². The van der Waals surface area contributed by atoms with Gasteiger partial charge in [-0.15, -0.1) is 0 Å². The van der Waals surface area contributed by atoms with E-state index in [1.54, 1.807) is 55.5 Å². The third-order valence-electron chi connectivity index (χ3n) is 4.12.